The molecule has 0 bridgehead atoms. The van der Waals surface area contributed by atoms with Crippen LogP contribution in [0.5, 0.6) is 0 Å². The van der Waals surface area contributed by atoms with Gasteiger partial charge in [-0.15, -0.1) is 0 Å². The number of hydrogen-bond donors (Lipinski definition) is 1. The Labute approximate surface area is 146 Å². The minimum atomic E-state index is -0.653. The third-order valence-corrected chi connectivity index (χ3v) is 3.28. The number of carbonyl (C=O) groups is 1. The van der Waals surface area contributed by atoms with E-state index in [0.717, 1.165) is 6.08 Å². The second-order valence-corrected chi connectivity index (χ2v) is 5.83. The minimum absolute atomic E-state index is 0.0338. The topological polar surface area (TPSA) is 94.2 Å². The molecule has 2 aromatic rings. The zero-order valence-electron chi connectivity index (χ0n) is 13.0. The molecule has 2 rings (SSSR count). The molecule has 0 aliphatic carbocycles. The van der Waals surface area contributed by atoms with Crippen LogP contribution in [0.15, 0.2) is 28.7 Å². The van der Waals surface area contributed by atoms with Crippen LogP contribution < -0.4 is 10.6 Å². The predicted octanol–water partition coefficient (Wildman–Crippen LogP) is 2.18. The standard InChI is InChI=1S/C15H15BrFN5O2/c1-22(2)15-20-12(19-14(18)21-15)8-24-13(23)6-3-9-7-10(16)4-5-11(9)17/h3-7H,8H2,1-2H3,(H2,18,19,20,21)/b6-3+. The molecular formula is C15H15BrFN5O2. The average molecular weight is 396 g/mol. The van der Waals surface area contributed by atoms with Crippen molar-refractivity contribution in [2.45, 2.75) is 6.61 Å². The van der Waals surface area contributed by atoms with Crippen molar-refractivity contribution in [3.05, 3.63) is 46.0 Å². The van der Waals surface area contributed by atoms with Gasteiger partial charge in [0.05, 0.1) is 0 Å². The van der Waals surface area contributed by atoms with Crippen molar-refractivity contribution in [2.75, 3.05) is 24.7 Å². The Kier molecular flexibility index (Phi) is 5.80. The zero-order valence-corrected chi connectivity index (χ0v) is 14.6. The van der Waals surface area contributed by atoms with Crippen molar-refractivity contribution >= 4 is 39.9 Å². The van der Waals surface area contributed by atoms with E-state index in [1.165, 1.54) is 12.1 Å². The number of aromatic nitrogens is 3. The summed E-state index contributed by atoms with van der Waals surface area (Å²) in [4.78, 5) is 25.3. The van der Waals surface area contributed by atoms with Crippen molar-refractivity contribution in [3.63, 3.8) is 0 Å². The van der Waals surface area contributed by atoms with E-state index in [1.54, 1.807) is 31.1 Å². The Hall–Kier alpha value is -2.55. The molecule has 0 spiro atoms. The van der Waals surface area contributed by atoms with Gasteiger partial charge in [-0.2, -0.15) is 15.0 Å². The maximum absolute atomic E-state index is 13.6. The average Bonchev–Trinajstić information content (AvgIpc) is 2.53. The van der Waals surface area contributed by atoms with Crippen LogP contribution in [-0.4, -0.2) is 35.0 Å². The molecule has 0 saturated carbocycles. The highest BCUT2D eigenvalue weighted by Crippen LogP contribution is 2.16. The molecule has 2 N–H and O–H groups in total. The Morgan fingerprint density at radius 3 is 2.83 bits per heavy atom. The Bertz CT molecular complexity index is 782. The lowest BCUT2D eigenvalue weighted by molar-refractivity contribution is -0.139. The first-order chi connectivity index (χ1) is 11.3. The molecule has 24 heavy (non-hydrogen) atoms. The van der Waals surface area contributed by atoms with Gasteiger partial charge in [0, 0.05) is 30.2 Å². The van der Waals surface area contributed by atoms with E-state index < -0.39 is 11.8 Å². The molecule has 0 saturated heterocycles. The number of nitrogens with zero attached hydrogens (tertiary/aromatic N) is 4. The molecule has 0 atom stereocenters. The van der Waals surface area contributed by atoms with Gasteiger partial charge in [0.2, 0.25) is 11.9 Å². The van der Waals surface area contributed by atoms with E-state index in [0.29, 0.717) is 10.4 Å². The van der Waals surface area contributed by atoms with Crippen LogP contribution in [0.25, 0.3) is 6.08 Å². The van der Waals surface area contributed by atoms with E-state index in [1.807, 2.05) is 0 Å². The number of benzene rings is 1. The van der Waals surface area contributed by atoms with Crippen molar-refractivity contribution < 1.29 is 13.9 Å². The monoisotopic (exact) mass is 395 g/mol. The molecule has 126 valence electrons. The molecule has 0 fully saturated rings. The van der Waals surface area contributed by atoms with Crippen molar-refractivity contribution in [3.8, 4) is 0 Å². The molecule has 1 heterocycles. The summed E-state index contributed by atoms with van der Waals surface area (Å²) in [6, 6.07) is 4.42. The Morgan fingerprint density at radius 1 is 1.38 bits per heavy atom. The summed E-state index contributed by atoms with van der Waals surface area (Å²) in [5, 5.41) is 0. The summed E-state index contributed by atoms with van der Waals surface area (Å²) in [5.41, 5.74) is 5.84. The first-order valence-corrected chi connectivity index (χ1v) is 7.62. The van der Waals surface area contributed by atoms with Crippen LogP contribution in [0.2, 0.25) is 0 Å². The lowest BCUT2D eigenvalue weighted by Gasteiger charge is -2.11. The number of nitrogens with two attached hydrogens (primary N) is 1. The van der Waals surface area contributed by atoms with Gasteiger partial charge in [0.15, 0.2) is 12.4 Å². The Morgan fingerprint density at radius 2 is 2.12 bits per heavy atom. The fraction of sp³-hybridized carbons (Fsp3) is 0.200. The third kappa shape index (κ3) is 4.98. The van der Waals surface area contributed by atoms with Gasteiger partial charge >= 0.3 is 5.97 Å². The van der Waals surface area contributed by atoms with Crippen molar-refractivity contribution in [2.24, 2.45) is 0 Å². The Balaban J connectivity index is 2.01. The van der Waals surface area contributed by atoms with Gasteiger partial charge in [-0.05, 0) is 24.3 Å². The SMILES string of the molecule is CN(C)c1nc(N)nc(COC(=O)/C=C/c2cc(Br)ccc2F)n1. The van der Waals surface area contributed by atoms with Gasteiger partial charge < -0.3 is 15.4 Å². The number of esters is 1. The van der Waals surface area contributed by atoms with E-state index in [2.05, 4.69) is 30.9 Å². The highest BCUT2D eigenvalue weighted by molar-refractivity contribution is 9.10. The number of anilines is 2. The molecule has 7 nitrogen and oxygen atoms in total. The van der Waals surface area contributed by atoms with E-state index in [-0.39, 0.29) is 23.9 Å². The lowest BCUT2D eigenvalue weighted by Crippen LogP contribution is -2.17. The van der Waals surface area contributed by atoms with Gasteiger partial charge in [-0.3, -0.25) is 0 Å². The van der Waals surface area contributed by atoms with E-state index >= 15 is 0 Å². The van der Waals surface area contributed by atoms with Gasteiger partial charge in [0.25, 0.3) is 0 Å². The van der Waals surface area contributed by atoms with Gasteiger partial charge in [0.1, 0.15) is 5.82 Å². The van der Waals surface area contributed by atoms with Crippen LogP contribution in [0.1, 0.15) is 11.4 Å². The zero-order chi connectivity index (χ0) is 17.7. The fourth-order valence-electron chi connectivity index (χ4n) is 1.67. The number of halogens is 2. The smallest absolute Gasteiger partial charge is 0.331 e. The first kappa shape index (κ1) is 17.8. The highest BCUT2D eigenvalue weighted by atomic mass is 79.9. The number of ether oxygens (including phenoxy) is 1. The number of hydrogen-bond acceptors (Lipinski definition) is 7. The molecule has 9 heteroatoms. The number of rotatable bonds is 5. The molecular weight excluding hydrogens is 381 g/mol. The summed E-state index contributed by atoms with van der Waals surface area (Å²) in [6.07, 6.45) is 2.46. The summed E-state index contributed by atoms with van der Waals surface area (Å²) in [7, 11) is 3.50. The van der Waals surface area contributed by atoms with Crippen LogP contribution >= 0.6 is 15.9 Å². The number of nitrogen functional groups attached to an aromatic ring is 1. The quantitative estimate of drug-likeness (QED) is 0.612. The largest absolute Gasteiger partial charge is 0.454 e. The maximum atomic E-state index is 13.6. The first-order valence-electron chi connectivity index (χ1n) is 6.83. The van der Waals surface area contributed by atoms with Crippen LogP contribution in [-0.2, 0) is 16.1 Å². The van der Waals surface area contributed by atoms with Crippen LogP contribution in [0.3, 0.4) is 0 Å². The molecule has 0 radical (unpaired) electrons. The second-order valence-electron chi connectivity index (χ2n) is 4.91. The summed E-state index contributed by atoms with van der Waals surface area (Å²) < 4.78 is 19.3. The molecule has 0 amide bonds. The molecule has 1 aromatic carbocycles. The predicted molar refractivity (Wildman–Crippen MR) is 91.5 cm³/mol. The van der Waals surface area contributed by atoms with Crippen molar-refractivity contribution in [1.82, 2.24) is 15.0 Å². The molecule has 1 aromatic heterocycles. The molecule has 0 aliphatic rings. The van der Waals surface area contributed by atoms with Crippen LogP contribution in [0, 0.1) is 5.82 Å². The van der Waals surface area contributed by atoms with Gasteiger partial charge in [-0.1, -0.05) is 15.9 Å². The molecule has 0 unspecified atom stereocenters. The van der Waals surface area contributed by atoms with E-state index in [4.69, 9.17) is 10.5 Å². The summed E-state index contributed by atoms with van der Waals surface area (Å²) in [5.74, 6) is -0.476. The maximum Gasteiger partial charge on any atom is 0.331 e. The fourth-order valence-corrected chi connectivity index (χ4v) is 2.05. The second kappa shape index (κ2) is 7.82. The van der Waals surface area contributed by atoms with Crippen LogP contribution in [0.4, 0.5) is 16.3 Å². The van der Waals surface area contributed by atoms with Crippen molar-refractivity contribution in [1.29, 1.82) is 0 Å². The number of carbonyl (C=O) groups excluding carboxylic acids is 1. The van der Waals surface area contributed by atoms with E-state index in [9.17, 15) is 9.18 Å². The summed E-state index contributed by atoms with van der Waals surface area (Å²) >= 11 is 3.23. The third-order valence-electron chi connectivity index (χ3n) is 2.79. The minimum Gasteiger partial charge on any atom is -0.454 e. The highest BCUT2D eigenvalue weighted by Gasteiger charge is 2.08. The molecule has 0 aliphatic heterocycles. The van der Waals surface area contributed by atoms with Gasteiger partial charge in [-0.25, -0.2) is 9.18 Å². The lowest BCUT2D eigenvalue weighted by atomic mass is 10.2. The summed E-state index contributed by atoms with van der Waals surface area (Å²) in [6.45, 7) is -0.169. The normalized spacial score (nSPS) is 10.8.